The molecule has 116 valence electrons. The highest BCUT2D eigenvalue weighted by atomic mass is 16.1. The second-order valence-electron chi connectivity index (χ2n) is 6.50. The number of nitrogens with one attached hydrogen (secondary N) is 2. The van der Waals surface area contributed by atoms with Gasteiger partial charge in [0.05, 0.1) is 0 Å². The summed E-state index contributed by atoms with van der Waals surface area (Å²) < 4.78 is 0. The Labute approximate surface area is 135 Å². The molecule has 0 spiro atoms. The molecular weight excluding hydrogens is 284 g/mol. The van der Waals surface area contributed by atoms with E-state index in [0.717, 1.165) is 18.4 Å². The van der Waals surface area contributed by atoms with Crippen LogP contribution in [0, 0.1) is 6.92 Å². The number of aromatic amines is 1. The first-order chi connectivity index (χ1) is 11.2. The summed E-state index contributed by atoms with van der Waals surface area (Å²) in [6.45, 7) is 2.83. The lowest BCUT2D eigenvalue weighted by Crippen LogP contribution is -2.32. The smallest absolute Gasteiger partial charge is 0.251 e. The maximum absolute atomic E-state index is 12.3. The Kier molecular flexibility index (Phi) is 3.22. The summed E-state index contributed by atoms with van der Waals surface area (Å²) in [7, 11) is 0. The normalized spacial score (nSPS) is 15.5. The van der Waals surface area contributed by atoms with Crippen molar-refractivity contribution in [2.24, 2.45) is 0 Å². The lowest BCUT2D eigenvalue weighted by atomic mass is 9.93. The highest BCUT2D eigenvalue weighted by molar-refractivity contribution is 5.94. The number of aryl methyl sites for hydroxylation is 1. The molecule has 0 saturated heterocycles. The second kappa shape index (κ2) is 5.27. The average Bonchev–Trinajstić information content (AvgIpc) is 3.28. The summed E-state index contributed by atoms with van der Waals surface area (Å²) in [4.78, 5) is 15.8. The van der Waals surface area contributed by atoms with E-state index in [9.17, 15) is 4.79 Å². The molecule has 1 aliphatic carbocycles. The molecule has 0 bridgehead atoms. The van der Waals surface area contributed by atoms with E-state index < -0.39 is 0 Å². The predicted octanol–water partition coefficient (Wildman–Crippen LogP) is 3.94. The van der Waals surface area contributed by atoms with Crippen molar-refractivity contribution in [1.82, 2.24) is 10.3 Å². The zero-order chi connectivity index (χ0) is 15.9. The van der Waals surface area contributed by atoms with E-state index in [4.69, 9.17) is 0 Å². The molecule has 0 aliphatic heterocycles. The Morgan fingerprint density at radius 1 is 1.09 bits per heavy atom. The summed E-state index contributed by atoms with van der Waals surface area (Å²) >= 11 is 0. The fourth-order valence-corrected chi connectivity index (χ4v) is 3.57. The quantitative estimate of drug-likeness (QED) is 0.753. The Morgan fingerprint density at radius 2 is 1.78 bits per heavy atom. The molecule has 0 radical (unpaired) electrons. The van der Waals surface area contributed by atoms with E-state index >= 15 is 0 Å². The molecule has 3 nitrogen and oxygen atoms in total. The summed E-state index contributed by atoms with van der Waals surface area (Å²) in [5.74, 6) is 0.00868. The maximum Gasteiger partial charge on any atom is 0.251 e. The molecule has 2 aromatic carbocycles. The van der Waals surface area contributed by atoms with E-state index in [0.29, 0.717) is 6.54 Å². The van der Waals surface area contributed by atoms with Gasteiger partial charge in [-0.25, -0.2) is 0 Å². The molecule has 23 heavy (non-hydrogen) atoms. The van der Waals surface area contributed by atoms with Crippen LogP contribution >= 0.6 is 0 Å². The number of fused-ring (bicyclic) bond motifs is 1. The van der Waals surface area contributed by atoms with Gasteiger partial charge in [-0.05, 0) is 43.5 Å². The van der Waals surface area contributed by atoms with Gasteiger partial charge in [-0.1, -0.05) is 36.4 Å². The fourth-order valence-electron chi connectivity index (χ4n) is 3.57. The van der Waals surface area contributed by atoms with Crippen molar-refractivity contribution in [3.8, 4) is 0 Å². The third-order valence-corrected chi connectivity index (χ3v) is 4.90. The number of hydrogen-bond donors (Lipinski definition) is 2. The van der Waals surface area contributed by atoms with Gasteiger partial charge in [0.25, 0.3) is 5.91 Å². The lowest BCUT2D eigenvalue weighted by Gasteiger charge is -2.17. The fraction of sp³-hybridized carbons (Fsp3) is 0.250. The summed E-state index contributed by atoms with van der Waals surface area (Å²) in [6, 6.07) is 17.8. The van der Waals surface area contributed by atoms with Crippen LogP contribution in [0.1, 0.15) is 34.5 Å². The van der Waals surface area contributed by atoms with E-state index in [1.807, 2.05) is 30.3 Å². The van der Waals surface area contributed by atoms with Crippen LogP contribution in [0.5, 0.6) is 0 Å². The number of hydrogen-bond acceptors (Lipinski definition) is 1. The van der Waals surface area contributed by atoms with E-state index in [1.54, 1.807) is 0 Å². The van der Waals surface area contributed by atoms with Crippen LogP contribution in [-0.2, 0) is 5.41 Å². The minimum Gasteiger partial charge on any atom is -0.358 e. The van der Waals surface area contributed by atoms with Gasteiger partial charge in [-0.3, -0.25) is 4.79 Å². The second-order valence-corrected chi connectivity index (χ2v) is 6.50. The van der Waals surface area contributed by atoms with Crippen molar-refractivity contribution < 1.29 is 4.79 Å². The van der Waals surface area contributed by atoms with Crippen LogP contribution < -0.4 is 5.32 Å². The highest BCUT2D eigenvalue weighted by Crippen LogP contribution is 2.51. The van der Waals surface area contributed by atoms with Crippen LogP contribution in [0.15, 0.2) is 54.6 Å². The van der Waals surface area contributed by atoms with Gasteiger partial charge in [0.1, 0.15) is 0 Å². The Bertz CT molecular complexity index is 860. The number of amides is 1. The van der Waals surface area contributed by atoms with Crippen molar-refractivity contribution in [3.63, 3.8) is 0 Å². The molecule has 1 saturated carbocycles. The molecular formula is C20H20N2O. The van der Waals surface area contributed by atoms with Crippen molar-refractivity contribution in [2.45, 2.75) is 25.2 Å². The molecule has 3 heteroatoms. The van der Waals surface area contributed by atoms with Crippen LogP contribution in [0.3, 0.4) is 0 Å². The van der Waals surface area contributed by atoms with Gasteiger partial charge in [0.2, 0.25) is 0 Å². The first kappa shape index (κ1) is 14.1. The van der Waals surface area contributed by atoms with Gasteiger partial charge >= 0.3 is 0 Å². The Morgan fingerprint density at radius 3 is 2.52 bits per heavy atom. The minimum atomic E-state index is 0.00868. The lowest BCUT2D eigenvalue weighted by molar-refractivity contribution is 0.0949. The molecule has 2 N–H and O–H groups in total. The van der Waals surface area contributed by atoms with E-state index in [1.165, 1.54) is 22.2 Å². The highest BCUT2D eigenvalue weighted by Gasteiger charge is 2.46. The van der Waals surface area contributed by atoms with Crippen molar-refractivity contribution in [1.29, 1.82) is 0 Å². The monoisotopic (exact) mass is 304 g/mol. The number of para-hydroxylation sites is 1. The average molecular weight is 304 g/mol. The number of H-pyrrole nitrogens is 1. The van der Waals surface area contributed by atoms with Crippen molar-refractivity contribution in [3.05, 3.63) is 71.4 Å². The van der Waals surface area contributed by atoms with Crippen molar-refractivity contribution >= 4 is 16.8 Å². The van der Waals surface area contributed by atoms with Crippen molar-refractivity contribution in [2.75, 3.05) is 6.54 Å². The SMILES string of the molecule is Cc1[nH]c2ccccc2c1C1(CNC(=O)c2ccccc2)CC1. The molecule has 1 amide bonds. The largest absolute Gasteiger partial charge is 0.358 e. The van der Waals surface area contributed by atoms with Gasteiger partial charge in [0, 0.05) is 34.1 Å². The third-order valence-electron chi connectivity index (χ3n) is 4.90. The zero-order valence-corrected chi connectivity index (χ0v) is 13.2. The van der Waals surface area contributed by atoms with Gasteiger partial charge in [-0.2, -0.15) is 0 Å². The van der Waals surface area contributed by atoms with E-state index in [2.05, 4.69) is 41.5 Å². The molecule has 0 unspecified atom stereocenters. The predicted molar refractivity (Wildman–Crippen MR) is 92.7 cm³/mol. The number of carbonyl (C=O) groups excluding carboxylic acids is 1. The van der Waals surface area contributed by atoms with Gasteiger partial charge in [0.15, 0.2) is 0 Å². The van der Waals surface area contributed by atoms with Crippen LogP contribution in [0.25, 0.3) is 10.9 Å². The third kappa shape index (κ3) is 2.42. The molecule has 1 aliphatic rings. The Hall–Kier alpha value is -2.55. The summed E-state index contributed by atoms with van der Waals surface area (Å²) in [6.07, 6.45) is 2.26. The maximum atomic E-state index is 12.3. The topological polar surface area (TPSA) is 44.9 Å². The number of aromatic nitrogens is 1. The number of benzene rings is 2. The molecule has 1 fully saturated rings. The number of carbonyl (C=O) groups is 1. The summed E-state index contributed by atoms with van der Waals surface area (Å²) in [5, 5.41) is 4.42. The first-order valence-electron chi connectivity index (χ1n) is 8.11. The first-order valence-corrected chi connectivity index (χ1v) is 8.11. The zero-order valence-electron chi connectivity index (χ0n) is 13.2. The van der Waals surface area contributed by atoms with Crippen LogP contribution in [0.4, 0.5) is 0 Å². The minimum absolute atomic E-state index is 0.00868. The van der Waals surface area contributed by atoms with Gasteiger partial charge in [-0.15, -0.1) is 0 Å². The van der Waals surface area contributed by atoms with Crippen LogP contribution in [-0.4, -0.2) is 17.4 Å². The molecule has 4 rings (SSSR count). The molecule has 3 aromatic rings. The molecule has 1 aromatic heterocycles. The Balaban J connectivity index is 1.59. The van der Waals surface area contributed by atoms with Crippen LogP contribution in [0.2, 0.25) is 0 Å². The summed E-state index contributed by atoms with van der Waals surface area (Å²) in [5.41, 5.74) is 4.59. The van der Waals surface area contributed by atoms with Gasteiger partial charge < -0.3 is 10.3 Å². The molecule has 0 atom stereocenters. The molecule has 1 heterocycles. The van der Waals surface area contributed by atoms with E-state index in [-0.39, 0.29) is 11.3 Å². The standard InChI is InChI=1S/C20H20N2O/c1-14-18(16-9-5-6-10-17(16)22-14)20(11-12-20)13-21-19(23)15-7-3-2-4-8-15/h2-10,22H,11-13H2,1H3,(H,21,23). The number of rotatable bonds is 4.